The summed E-state index contributed by atoms with van der Waals surface area (Å²) in [6.45, 7) is 4.38. The van der Waals surface area contributed by atoms with Crippen LogP contribution in [-0.2, 0) is 29.6 Å². The Balaban J connectivity index is 2.36. The Labute approximate surface area is 189 Å². The van der Waals surface area contributed by atoms with Gasteiger partial charge in [-0.15, -0.1) is 0 Å². The number of phenolic OH excluding ortho intramolecular Hbond substituents is 1. The third-order valence-electron chi connectivity index (χ3n) is 4.19. The maximum atomic E-state index is 12.8. The van der Waals surface area contributed by atoms with E-state index >= 15 is 0 Å². The number of nitrogens with one attached hydrogen (secondary N) is 2. The van der Waals surface area contributed by atoms with Gasteiger partial charge in [-0.25, -0.2) is 14.4 Å². The Bertz CT molecular complexity index is 900. The minimum Gasteiger partial charge on any atom is -0.508 e. The summed E-state index contributed by atoms with van der Waals surface area (Å²) in [6.07, 6.45) is -0.910. The number of thioether (sulfide) groups is 1. The maximum Gasteiger partial charge on any atom is 0.408 e. The Hall–Kier alpha value is -3.15. The van der Waals surface area contributed by atoms with Crippen molar-refractivity contribution in [3.8, 4) is 5.75 Å². The van der Waals surface area contributed by atoms with Crippen molar-refractivity contribution in [2.24, 2.45) is 0 Å². The average molecular weight is 470 g/mol. The molecule has 2 amide bonds. The number of cyclic esters (lactones) is 1. The normalized spacial score (nSPS) is 19.9. The number of hydrogen-bond acceptors (Lipinski definition) is 10. The number of nitrogens with two attached hydrogens (primary N) is 1. The first-order valence-corrected chi connectivity index (χ1v) is 10.8. The summed E-state index contributed by atoms with van der Waals surface area (Å²) in [4.78, 5) is 49.8. The number of carbonyl (C=O) groups excluding carboxylic acids is 4. The largest absolute Gasteiger partial charge is 0.508 e. The molecule has 12 heteroatoms. The summed E-state index contributed by atoms with van der Waals surface area (Å²) in [5.74, 6) is -2.29. The number of amides is 2. The van der Waals surface area contributed by atoms with E-state index in [2.05, 4.69) is 10.6 Å². The molecule has 1 aliphatic heterocycles. The molecule has 0 aromatic heterocycles. The van der Waals surface area contributed by atoms with Gasteiger partial charge in [-0.05, 0) is 26.8 Å². The number of esters is 2. The summed E-state index contributed by atoms with van der Waals surface area (Å²) < 4.78 is 15.1. The molecule has 11 nitrogen and oxygen atoms in total. The number of hydrogen-bond donors (Lipinski definition) is 4. The fourth-order valence-corrected chi connectivity index (χ4v) is 3.82. The van der Waals surface area contributed by atoms with Gasteiger partial charge in [0.2, 0.25) is 5.91 Å². The molecule has 32 heavy (non-hydrogen) atoms. The van der Waals surface area contributed by atoms with E-state index in [0.717, 1.165) is 0 Å². The smallest absolute Gasteiger partial charge is 0.408 e. The lowest BCUT2D eigenvalue weighted by Gasteiger charge is -2.25. The zero-order valence-electron chi connectivity index (χ0n) is 18.2. The van der Waals surface area contributed by atoms with Crippen LogP contribution in [0.1, 0.15) is 36.7 Å². The Kier molecular flexibility index (Phi) is 8.19. The van der Waals surface area contributed by atoms with E-state index in [1.54, 1.807) is 20.8 Å². The molecule has 2 rings (SSSR count). The first-order valence-electron chi connectivity index (χ1n) is 9.65. The number of aromatic hydroxyl groups is 1. The molecule has 0 spiro atoms. The summed E-state index contributed by atoms with van der Waals surface area (Å²) >= 11 is 1.17. The summed E-state index contributed by atoms with van der Waals surface area (Å²) in [5.41, 5.74) is 5.33. The monoisotopic (exact) mass is 469 g/mol. The van der Waals surface area contributed by atoms with Crippen LogP contribution in [0.25, 0.3) is 0 Å². The van der Waals surface area contributed by atoms with Crippen molar-refractivity contribution < 1.29 is 38.5 Å². The average Bonchev–Trinajstić information content (AvgIpc) is 2.68. The molecule has 2 atom stereocenters. The number of methoxy groups -OCH3 is 1. The molecule has 1 aromatic carbocycles. The zero-order valence-corrected chi connectivity index (χ0v) is 19.0. The number of nitrogen functional groups attached to an aromatic ring is 1. The number of alkyl carbamates (subject to hydrolysis) is 1. The van der Waals surface area contributed by atoms with Gasteiger partial charge in [0, 0.05) is 28.8 Å². The van der Waals surface area contributed by atoms with Crippen molar-refractivity contribution in [1.29, 1.82) is 0 Å². The number of carbonyl (C=O) groups is 4. The second kappa shape index (κ2) is 10.4. The van der Waals surface area contributed by atoms with E-state index in [9.17, 15) is 24.3 Å². The van der Waals surface area contributed by atoms with Crippen molar-refractivity contribution in [2.75, 3.05) is 25.2 Å². The van der Waals surface area contributed by atoms with E-state index in [0.29, 0.717) is 0 Å². The van der Waals surface area contributed by atoms with Gasteiger partial charge in [-0.2, -0.15) is 11.8 Å². The SMILES string of the molecule is COC(=O)[C@@H]1CSCc2c(O)cc(N)cc2C(=O)OC[C@H](NC(=O)OC(C)(C)C)C(=O)N1. The first kappa shape index (κ1) is 25.1. The predicted molar refractivity (Wildman–Crippen MR) is 116 cm³/mol. The lowest BCUT2D eigenvalue weighted by molar-refractivity contribution is -0.144. The second-order valence-electron chi connectivity index (χ2n) is 7.96. The Morgan fingerprint density at radius 1 is 1.31 bits per heavy atom. The highest BCUT2D eigenvalue weighted by molar-refractivity contribution is 7.98. The summed E-state index contributed by atoms with van der Waals surface area (Å²) in [6, 6.07) is 0.237. The van der Waals surface area contributed by atoms with Crippen LogP contribution in [0.15, 0.2) is 12.1 Å². The van der Waals surface area contributed by atoms with Gasteiger partial charge in [0.1, 0.15) is 30.0 Å². The van der Waals surface area contributed by atoms with Crippen molar-refractivity contribution in [1.82, 2.24) is 10.6 Å². The van der Waals surface area contributed by atoms with E-state index in [-0.39, 0.29) is 34.1 Å². The number of fused-ring (bicyclic) bond motifs is 1. The molecule has 5 N–H and O–H groups in total. The minimum atomic E-state index is -1.36. The fourth-order valence-electron chi connectivity index (χ4n) is 2.74. The maximum absolute atomic E-state index is 12.8. The van der Waals surface area contributed by atoms with Crippen LogP contribution in [-0.4, -0.2) is 66.2 Å². The van der Waals surface area contributed by atoms with E-state index in [1.807, 2.05) is 0 Å². The van der Waals surface area contributed by atoms with Gasteiger partial charge in [0.05, 0.1) is 12.7 Å². The predicted octanol–water partition coefficient (Wildman–Crippen LogP) is 0.929. The molecule has 0 bridgehead atoms. The first-order chi connectivity index (χ1) is 14.9. The topological polar surface area (TPSA) is 166 Å². The number of rotatable bonds is 2. The number of ether oxygens (including phenoxy) is 3. The van der Waals surface area contributed by atoms with Crippen LogP contribution >= 0.6 is 11.8 Å². The highest BCUT2D eigenvalue weighted by Crippen LogP contribution is 2.30. The van der Waals surface area contributed by atoms with Crippen LogP contribution < -0.4 is 16.4 Å². The van der Waals surface area contributed by atoms with Gasteiger partial charge in [-0.3, -0.25) is 4.79 Å². The molecule has 0 unspecified atom stereocenters. The van der Waals surface area contributed by atoms with E-state index < -0.39 is 48.2 Å². The highest BCUT2D eigenvalue weighted by Gasteiger charge is 2.31. The second-order valence-corrected chi connectivity index (χ2v) is 8.99. The van der Waals surface area contributed by atoms with Gasteiger partial charge < -0.3 is 35.7 Å². The third kappa shape index (κ3) is 6.94. The van der Waals surface area contributed by atoms with E-state index in [4.69, 9.17) is 19.9 Å². The van der Waals surface area contributed by atoms with Crippen LogP contribution in [0.4, 0.5) is 10.5 Å². The standard InChI is InChI=1S/C20H27N3O8S/c1-20(2,3)31-19(28)23-13-7-30-17(26)11-5-10(21)6-15(24)12(11)8-32-9-14(18(27)29-4)22-16(13)25/h5-6,13-14,24H,7-9,21H2,1-4H3,(H,22,25)(H,23,28)/t13-,14-/m0/s1. The van der Waals surface area contributed by atoms with Crippen molar-refractivity contribution in [3.63, 3.8) is 0 Å². The minimum absolute atomic E-state index is 0.0154. The van der Waals surface area contributed by atoms with Gasteiger partial charge in [0.25, 0.3) is 0 Å². The van der Waals surface area contributed by atoms with Gasteiger partial charge in [0.15, 0.2) is 0 Å². The molecule has 0 fully saturated rings. The summed E-state index contributed by atoms with van der Waals surface area (Å²) in [5, 5.41) is 15.1. The number of anilines is 1. The molecular weight excluding hydrogens is 442 g/mol. The molecule has 176 valence electrons. The quantitative estimate of drug-likeness (QED) is 0.278. The lowest BCUT2D eigenvalue weighted by Crippen LogP contribution is -2.55. The fraction of sp³-hybridized carbons (Fsp3) is 0.500. The molecule has 0 saturated heterocycles. The van der Waals surface area contributed by atoms with Crippen LogP contribution in [0.2, 0.25) is 0 Å². The highest BCUT2D eigenvalue weighted by atomic mass is 32.2. The van der Waals surface area contributed by atoms with Gasteiger partial charge in [-0.1, -0.05) is 0 Å². The third-order valence-corrected chi connectivity index (χ3v) is 5.25. The zero-order chi connectivity index (χ0) is 24.1. The van der Waals surface area contributed by atoms with Crippen molar-refractivity contribution in [2.45, 2.75) is 44.2 Å². The Morgan fingerprint density at radius 2 is 2.00 bits per heavy atom. The molecule has 0 radical (unpaired) electrons. The van der Waals surface area contributed by atoms with E-state index in [1.165, 1.54) is 31.0 Å². The van der Waals surface area contributed by atoms with Crippen molar-refractivity contribution in [3.05, 3.63) is 23.3 Å². The molecule has 0 aliphatic carbocycles. The van der Waals surface area contributed by atoms with Crippen LogP contribution in [0, 0.1) is 0 Å². The van der Waals surface area contributed by atoms with Gasteiger partial charge >= 0.3 is 18.0 Å². The summed E-state index contributed by atoms with van der Waals surface area (Å²) in [7, 11) is 1.18. The van der Waals surface area contributed by atoms with Crippen LogP contribution in [0.5, 0.6) is 5.75 Å². The molecule has 1 heterocycles. The lowest BCUT2D eigenvalue weighted by atomic mass is 10.1. The molecular formula is C20H27N3O8S. The number of phenols is 1. The molecule has 0 saturated carbocycles. The van der Waals surface area contributed by atoms with Crippen molar-refractivity contribution >= 4 is 41.4 Å². The van der Waals surface area contributed by atoms with Crippen LogP contribution in [0.3, 0.4) is 0 Å². The Morgan fingerprint density at radius 3 is 2.62 bits per heavy atom. The molecule has 1 aromatic rings. The number of benzene rings is 1. The molecule has 1 aliphatic rings.